The van der Waals surface area contributed by atoms with Crippen molar-refractivity contribution in [2.75, 3.05) is 0 Å². The van der Waals surface area contributed by atoms with Crippen molar-refractivity contribution in [3.8, 4) is 0 Å². The average Bonchev–Trinajstić information content (AvgIpc) is 2.49. The zero-order valence-corrected chi connectivity index (χ0v) is 13.7. The number of hydrogen-bond donors (Lipinski definition) is 1. The SMILES string of the molecule is C[C@H](Sc1cc(Cl)ccc1Cl)C(=O)NCc1ccncc1. The van der Waals surface area contributed by atoms with Gasteiger partial charge in [-0.1, -0.05) is 23.2 Å². The predicted molar refractivity (Wildman–Crippen MR) is 87.9 cm³/mol. The Hall–Kier alpha value is -1.23. The van der Waals surface area contributed by atoms with Crippen molar-refractivity contribution < 1.29 is 4.79 Å². The number of pyridine rings is 1. The molecule has 0 spiro atoms. The lowest BCUT2D eigenvalue weighted by Crippen LogP contribution is -2.30. The van der Waals surface area contributed by atoms with Gasteiger partial charge in [0.05, 0.1) is 10.3 Å². The van der Waals surface area contributed by atoms with E-state index in [0.29, 0.717) is 16.6 Å². The minimum absolute atomic E-state index is 0.0483. The zero-order valence-electron chi connectivity index (χ0n) is 11.3. The first-order valence-corrected chi connectivity index (χ1v) is 7.98. The molecule has 0 aliphatic carbocycles. The predicted octanol–water partition coefficient (Wildman–Crippen LogP) is 4.19. The van der Waals surface area contributed by atoms with Crippen molar-refractivity contribution in [1.82, 2.24) is 10.3 Å². The third kappa shape index (κ3) is 4.92. The second-order valence-electron chi connectivity index (χ2n) is 4.41. The summed E-state index contributed by atoms with van der Waals surface area (Å²) in [6.07, 6.45) is 3.40. The molecule has 1 amide bonds. The molecule has 0 radical (unpaired) electrons. The summed E-state index contributed by atoms with van der Waals surface area (Å²) in [6, 6.07) is 8.95. The standard InChI is InChI=1S/C15H14Cl2N2OS/c1-10(21-14-8-12(16)2-3-13(14)17)15(20)19-9-11-4-6-18-7-5-11/h2-8,10H,9H2,1H3,(H,19,20)/t10-/m0/s1. The van der Waals surface area contributed by atoms with Gasteiger partial charge >= 0.3 is 0 Å². The first kappa shape index (κ1) is 16.1. The topological polar surface area (TPSA) is 42.0 Å². The number of halogens is 2. The molecule has 1 aromatic carbocycles. The summed E-state index contributed by atoms with van der Waals surface area (Å²) in [5.41, 5.74) is 1.01. The second kappa shape index (κ2) is 7.69. The van der Waals surface area contributed by atoms with E-state index in [9.17, 15) is 4.79 Å². The van der Waals surface area contributed by atoms with Crippen LogP contribution in [0.3, 0.4) is 0 Å². The van der Waals surface area contributed by atoms with Gasteiger partial charge in [-0.25, -0.2) is 0 Å². The summed E-state index contributed by atoms with van der Waals surface area (Å²) >= 11 is 13.4. The lowest BCUT2D eigenvalue weighted by molar-refractivity contribution is -0.120. The minimum Gasteiger partial charge on any atom is -0.351 e. The smallest absolute Gasteiger partial charge is 0.233 e. The van der Waals surface area contributed by atoms with Crippen LogP contribution in [0, 0.1) is 0 Å². The Kier molecular flexibility index (Phi) is 5.91. The number of hydrogen-bond acceptors (Lipinski definition) is 3. The highest BCUT2D eigenvalue weighted by Gasteiger charge is 2.15. The maximum Gasteiger partial charge on any atom is 0.233 e. The van der Waals surface area contributed by atoms with Crippen LogP contribution in [0.5, 0.6) is 0 Å². The van der Waals surface area contributed by atoms with Gasteiger partial charge in [0.1, 0.15) is 0 Å². The molecule has 21 heavy (non-hydrogen) atoms. The molecule has 3 nitrogen and oxygen atoms in total. The van der Waals surface area contributed by atoms with Crippen LogP contribution in [0.25, 0.3) is 0 Å². The molecule has 0 fully saturated rings. The molecule has 0 aliphatic heterocycles. The molecular formula is C15H14Cl2N2OS. The van der Waals surface area contributed by atoms with Crippen LogP contribution < -0.4 is 5.32 Å². The van der Waals surface area contributed by atoms with Crippen LogP contribution in [0.4, 0.5) is 0 Å². The first-order chi connectivity index (χ1) is 10.1. The summed E-state index contributed by atoms with van der Waals surface area (Å²) < 4.78 is 0. The molecular weight excluding hydrogens is 327 g/mol. The number of benzene rings is 1. The van der Waals surface area contributed by atoms with Gasteiger partial charge in [-0.2, -0.15) is 0 Å². The minimum atomic E-state index is -0.261. The summed E-state index contributed by atoms with van der Waals surface area (Å²) in [5, 5.41) is 3.83. The van der Waals surface area contributed by atoms with Gasteiger partial charge in [0.15, 0.2) is 0 Å². The fourth-order valence-corrected chi connectivity index (χ4v) is 3.08. The number of aromatic nitrogens is 1. The van der Waals surface area contributed by atoms with Crippen LogP contribution in [-0.4, -0.2) is 16.1 Å². The highest BCUT2D eigenvalue weighted by Crippen LogP contribution is 2.32. The van der Waals surface area contributed by atoms with Crippen molar-refractivity contribution >= 4 is 40.9 Å². The van der Waals surface area contributed by atoms with Crippen molar-refractivity contribution in [3.05, 3.63) is 58.3 Å². The molecule has 0 aliphatic rings. The summed E-state index contributed by atoms with van der Waals surface area (Å²) in [7, 11) is 0. The summed E-state index contributed by atoms with van der Waals surface area (Å²) in [4.78, 5) is 16.8. The van der Waals surface area contributed by atoms with Gasteiger partial charge in [0.2, 0.25) is 5.91 Å². The number of carbonyl (C=O) groups is 1. The molecule has 1 N–H and O–H groups in total. The maximum absolute atomic E-state index is 12.1. The van der Waals surface area contributed by atoms with E-state index in [1.165, 1.54) is 11.8 Å². The lowest BCUT2D eigenvalue weighted by Gasteiger charge is -2.13. The van der Waals surface area contributed by atoms with Crippen LogP contribution in [-0.2, 0) is 11.3 Å². The third-order valence-electron chi connectivity index (χ3n) is 2.78. The Morgan fingerprint density at radius 1 is 1.29 bits per heavy atom. The van der Waals surface area contributed by atoms with Crippen molar-refractivity contribution in [3.63, 3.8) is 0 Å². The highest BCUT2D eigenvalue weighted by atomic mass is 35.5. The number of nitrogens with one attached hydrogen (secondary N) is 1. The van der Waals surface area contributed by atoms with Crippen molar-refractivity contribution in [1.29, 1.82) is 0 Å². The molecule has 0 saturated heterocycles. The largest absolute Gasteiger partial charge is 0.351 e. The Balaban J connectivity index is 1.92. The first-order valence-electron chi connectivity index (χ1n) is 6.34. The molecule has 2 rings (SSSR count). The molecule has 110 valence electrons. The van der Waals surface area contributed by atoms with Gasteiger partial charge in [-0.05, 0) is 42.8 Å². The molecule has 0 unspecified atom stereocenters. The van der Waals surface area contributed by atoms with Crippen molar-refractivity contribution in [2.45, 2.75) is 23.6 Å². The van der Waals surface area contributed by atoms with Crippen LogP contribution in [0.2, 0.25) is 10.0 Å². The molecule has 0 bridgehead atoms. The lowest BCUT2D eigenvalue weighted by atomic mass is 10.2. The van der Waals surface area contributed by atoms with E-state index in [1.807, 2.05) is 19.1 Å². The number of nitrogens with zero attached hydrogens (tertiary/aromatic N) is 1. The number of rotatable bonds is 5. The Labute approximate surface area is 138 Å². The van der Waals surface area contributed by atoms with Crippen LogP contribution in [0.1, 0.15) is 12.5 Å². The van der Waals surface area contributed by atoms with E-state index < -0.39 is 0 Å². The quantitative estimate of drug-likeness (QED) is 0.830. The molecule has 2 aromatic rings. The Morgan fingerprint density at radius 3 is 2.71 bits per heavy atom. The van der Waals surface area contributed by atoms with Gasteiger partial charge < -0.3 is 5.32 Å². The van der Waals surface area contributed by atoms with E-state index in [-0.39, 0.29) is 11.2 Å². The number of thioether (sulfide) groups is 1. The Bertz CT molecular complexity index is 622. The summed E-state index contributed by atoms with van der Waals surface area (Å²) in [6.45, 7) is 2.32. The van der Waals surface area contributed by atoms with Gasteiger partial charge in [-0.15, -0.1) is 11.8 Å². The molecule has 1 atom stereocenters. The van der Waals surface area contributed by atoms with E-state index in [1.54, 1.807) is 30.6 Å². The van der Waals surface area contributed by atoms with E-state index in [4.69, 9.17) is 23.2 Å². The fourth-order valence-electron chi connectivity index (χ4n) is 1.65. The molecule has 6 heteroatoms. The van der Waals surface area contributed by atoms with Gasteiger partial charge in [0, 0.05) is 28.9 Å². The highest BCUT2D eigenvalue weighted by molar-refractivity contribution is 8.00. The van der Waals surface area contributed by atoms with E-state index in [2.05, 4.69) is 10.3 Å². The van der Waals surface area contributed by atoms with E-state index in [0.717, 1.165) is 10.5 Å². The fraction of sp³-hybridized carbons (Fsp3) is 0.200. The van der Waals surface area contributed by atoms with E-state index >= 15 is 0 Å². The molecule has 1 aromatic heterocycles. The average molecular weight is 341 g/mol. The van der Waals surface area contributed by atoms with Crippen LogP contribution in [0.15, 0.2) is 47.6 Å². The third-order valence-corrected chi connectivity index (χ3v) is 4.62. The monoisotopic (exact) mass is 340 g/mol. The normalized spacial score (nSPS) is 12.0. The molecule has 1 heterocycles. The summed E-state index contributed by atoms with van der Waals surface area (Å²) in [5.74, 6) is -0.0483. The number of carbonyl (C=O) groups excluding carboxylic acids is 1. The van der Waals surface area contributed by atoms with Gasteiger partial charge in [-0.3, -0.25) is 9.78 Å². The maximum atomic E-state index is 12.1. The second-order valence-corrected chi connectivity index (χ2v) is 6.63. The number of amides is 1. The van der Waals surface area contributed by atoms with Crippen LogP contribution >= 0.6 is 35.0 Å². The van der Waals surface area contributed by atoms with Gasteiger partial charge in [0.25, 0.3) is 0 Å². The molecule has 0 saturated carbocycles. The van der Waals surface area contributed by atoms with Crippen molar-refractivity contribution in [2.24, 2.45) is 0 Å². The Morgan fingerprint density at radius 2 is 2.00 bits per heavy atom. The zero-order chi connectivity index (χ0) is 15.2.